The predicted octanol–water partition coefficient (Wildman–Crippen LogP) is 9.58. The van der Waals surface area contributed by atoms with Crippen molar-refractivity contribution in [3.63, 3.8) is 0 Å². The second-order valence-corrected chi connectivity index (χ2v) is 10.5. The molecule has 4 nitrogen and oxygen atoms in total. The van der Waals surface area contributed by atoms with Crippen LogP contribution in [0.2, 0.25) is 0 Å². The summed E-state index contributed by atoms with van der Waals surface area (Å²) in [5.74, 6) is 1.95. The minimum Gasteiger partial charge on any atom is -0.248 e. The monoisotopic (exact) mass is 552 g/mol. The van der Waals surface area contributed by atoms with Crippen molar-refractivity contribution in [1.29, 1.82) is 0 Å². The summed E-state index contributed by atoms with van der Waals surface area (Å²) in [6.45, 7) is 2.12. The Morgan fingerprint density at radius 3 is 1.23 bits per heavy atom. The molecule has 0 aliphatic heterocycles. The average Bonchev–Trinajstić information content (AvgIpc) is 3.09. The molecule has 0 atom stereocenters. The van der Waals surface area contributed by atoms with Crippen LogP contribution in [0.3, 0.4) is 0 Å². The van der Waals surface area contributed by atoms with Gasteiger partial charge in [-0.05, 0) is 41.8 Å². The molecule has 5 aromatic carbocycles. The third-order valence-corrected chi connectivity index (χ3v) is 7.37. The third kappa shape index (κ3) is 5.72. The SMILES string of the molecule is Cc1cc(-c2ccccc2)nc(-c2ccc(-c3cccc(-c4nc(-c5ccccc5)nc(-c5ccccc5)n4)c3)cc2)c1. The number of rotatable bonds is 6. The lowest BCUT2D eigenvalue weighted by molar-refractivity contribution is 1.07. The largest absolute Gasteiger partial charge is 0.248 e. The van der Waals surface area contributed by atoms with Crippen LogP contribution in [-0.4, -0.2) is 19.9 Å². The maximum atomic E-state index is 4.97. The number of aromatic nitrogens is 4. The Kier molecular flexibility index (Phi) is 7.08. The highest BCUT2D eigenvalue weighted by Crippen LogP contribution is 2.30. The highest BCUT2D eigenvalue weighted by molar-refractivity contribution is 5.75. The summed E-state index contributed by atoms with van der Waals surface area (Å²) in [5.41, 5.74) is 10.4. The lowest BCUT2D eigenvalue weighted by atomic mass is 9.99. The van der Waals surface area contributed by atoms with Crippen LogP contribution >= 0.6 is 0 Å². The highest BCUT2D eigenvalue weighted by atomic mass is 15.0. The lowest BCUT2D eigenvalue weighted by Gasteiger charge is -2.10. The van der Waals surface area contributed by atoms with E-state index in [1.165, 1.54) is 5.56 Å². The van der Waals surface area contributed by atoms with Gasteiger partial charge in [0.2, 0.25) is 0 Å². The van der Waals surface area contributed by atoms with Crippen molar-refractivity contribution in [2.75, 3.05) is 0 Å². The first kappa shape index (κ1) is 26.2. The van der Waals surface area contributed by atoms with Crippen molar-refractivity contribution < 1.29 is 0 Å². The molecular weight excluding hydrogens is 524 g/mol. The first-order valence-electron chi connectivity index (χ1n) is 14.3. The fourth-order valence-electron chi connectivity index (χ4n) is 5.18. The molecule has 0 aliphatic rings. The first-order valence-corrected chi connectivity index (χ1v) is 14.3. The minimum atomic E-state index is 0.642. The second kappa shape index (κ2) is 11.6. The molecule has 2 heterocycles. The zero-order chi connectivity index (χ0) is 29.0. The van der Waals surface area contributed by atoms with Gasteiger partial charge in [-0.2, -0.15) is 0 Å². The molecule has 7 aromatic rings. The van der Waals surface area contributed by atoms with Gasteiger partial charge in [0.05, 0.1) is 11.4 Å². The normalized spacial score (nSPS) is 10.9. The number of pyridine rings is 1. The quantitative estimate of drug-likeness (QED) is 0.206. The van der Waals surface area contributed by atoms with Crippen LogP contribution < -0.4 is 0 Å². The van der Waals surface area contributed by atoms with Gasteiger partial charge < -0.3 is 0 Å². The molecule has 0 N–H and O–H groups in total. The molecule has 0 radical (unpaired) electrons. The van der Waals surface area contributed by atoms with E-state index in [1.54, 1.807) is 0 Å². The van der Waals surface area contributed by atoms with Crippen LogP contribution in [0, 0.1) is 6.92 Å². The molecule has 0 saturated heterocycles. The smallest absolute Gasteiger partial charge is 0.164 e. The summed E-state index contributed by atoms with van der Waals surface area (Å²) in [6.07, 6.45) is 0. The molecule has 0 amide bonds. The molecule has 0 spiro atoms. The van der Waals surface area contributed by atoms with Crippen LogP contribution in [0.1, 0.15) is 5.56 Å². The fraction of sp³-hybridized carbons (Fsp3) is 0.0256. The van der Waals surface area contributed by atoms with Gasteiger partial charge in [0.15, 0.2) is 17.5 Å². The number of hydrogen-bond acceptors (Lipinski definition) is 4. The van der Waals surface area contributed by atoms with Gasteiger partial charge >= 0.3 is 0 Å². The molecule has 2 aromatic heterocycles. The summed E-state index contributed by atoms with van der Waals surface area (Å²) >= 11 is 0. The number of benzene rings is 5. The van der Waals surface area contributed by atoms with Crippen LogP contribution in [-0.2, 0) is 0 Å². The molecule has 0 saturated carbocycles. The molecule has 0 bridgehead atoms. The van der Waals surface area contributed by atoms with E-state index in [9.17, 15) is 0 Å². The maximum absolute atomic E-state index is 4.97. The van der Waals surface area contributed by atoms with Gasteiger partial charge in [-0.25, -0.2) is 19.9 Å². The van der Waals surface area contributed by atoms with Crippen molar-refractivity contribution >= 4 is 0 Å². The zero-order valence-electron chi connectivity index (χ0n) is 23.7. The second-order valence-electron chi connectivity index (χ2n) is 10.5. The summed E-state index contributed by atoms with van der Waals surface area (Å²) in [5, 5.41) is 0. The van der Waals surface area contributed by atoms with Crippen molar-refractivity contribution in [2.24, 2.45) is 0 Å². The Labute approximate surface area is 251 Å². The van der Waals surface area contributed by atoms with E-state index in [2.05, 4.69) is 79.7 Å². The van der Waals surface area contributed by atoms with E-state index < -0.39 is 0 Å². The molecule has 4 heteroatoms. The molecule has 43 heavy (non-hydrogen) atoms. The predicted molar refractivity (Wildman–Crippen MR) is 175 cm³/mol. The van der Waals surface area contributed by atoms with Gasteiger partial charge in [0.25, 0.3) is 0 Å². The highest BCUT2D eigenvalue weighted by Gasteiger charge is 2.13. The Balaban J connectivity index is 1.24. The van der Waals surface area contributed by atoms with Gasteiger partial charge in [0, 0.05) is 27.8 Å². The average molecular weight is 553 g/mol. The van der Waals surface area contributed by atoms with Gasteiger partial charge in [-0.1, -0.05) is 133 Å². The number of nitrogens with zero attached hydrogens (tertiary/aromatic N) is 4. The lowest BCUT2D eigenvalue weighted by Crippen LogP contribution is -2.00. The molecule has 0 fully saturated rings. The number of hydrogen-bond donors (Lipinski definition) is 0. The first-order chi connectivity index (χ1) is 21.2. The number of aryl methyl sites for hydroxylation is 1. The van der Waals surface area contributed by atoms with Crippen LogP contribution in [0.5, 0.6) is 0 Å². The van der Waals surface area contributed by atoms with Gasteiger partial charge in [-0.3, -0.25) is 0 Å². The van der Waals surface area contributed by atoms with Crippen molar-refractivity contribution in [3.8, 4) is 67.8 Å². The van der Waals surface area contributed by atoms with E-state index in [4.69, 9.17) is 19.9 Å². The zero-order valence-corrected chi connectivity index (χ0v) is 23.7. The minimum absolute atomic E-state index is 0.642. The van der Waals surface area contributed by atoms with Crippen LogP contribution in [0.15, 0.2) is 152 Å². The van der Waals surface area contributed by atoms with E-state index >= 15 is 0 Å². The van der Waals surface area contributed by atoms with Crippen molar-refractivity contribution in [3.05, 3.63) is 157 Å². The standard InChI is InChI=1S/C39H28N4/c1-27-24-35(29-12-5-2-6-13-29)40-36(25-27)30-22-20-28(21-23-30)33-18-11-19-34(26-33)39-42-37(31-14-7-3-8-15-31)41-38(43-39)32-16-9-4-10-17-32/h2-26H,1H3. The molecular formula is C39H28N4. The van der Waals surface area contributed by atoms with Gasteiger partial charge in [0.1, 0.15) is 0 Å². The molecule has 7 rings (SSSR count). The van der Waals surface area contributed by atoms with E-state index in [0.29, 0.717) is 17.5 Å². The summed E-state index contributed by atoms with van der Waals surface area (Å²) < 4.78 is 0. The topological polar surface area (TPSA) is 51.6 Å². The van der Waals surface area contributed by atoms with Crippen molar-refractivity contribution in [2.45, 2.75) is 6.92 Å². The molecule has 0 aliphatic carbocycles. The Morgan fingerprint density at radius 1 is 0.302 bits per heavy atom. The summed E-state index contributed by atoms with van der Waals surface area (Å²) in [4.78, 5) is 19.6. The van der Waals surface area contributed by atoms with E-state index in [-0.39, 0.29) is 0 Å². The maximum Gasteiger partial charge on any atom is 0.164 e. The van der Waals surface area contributed by atoms with E-state index in [1.807, 2.05) is 78.9 Å². The van der Waals surface area contributed by atoms with Crippen LogP contribution in [0.4, 0.5) is 0 Å². The Morgan fingerprint density at radius 2 is 0.698 bits per heavy atom. The Hall–Kier alpha value is -5.74. The summed E-state index contributed by atoms with van der Waals surface area (Å²) in [6, 6.07) is 51.6. The summed E-state index contributed by atoms with van der Waals surface area (Å²) in [7, 11) is 0. The fourth-order valence-corrected chi connectivity index (χ4v) is 5.18. The van der Waals surface area contributed by atoms with E-state index in [0.717, 1.165) is 50.3 Å². The third-order valence-electron chi connectivity index (χ3n) is 7.37. The molecule has 204 valence electrons. The van der Waals surface area contributed by atoms with Crippen molar-refractivity contribution in [1.82, 2.24) is 19.9 Å². The van der Waals surface area contributed by atoms with Crippen LogP contribution in [0.25, 0.3) is 67.8 Å². The molecule has 0 unspecified atom stereocenters. The Bertz CT molecular complexity index is 1950. The van der Waals surface area contributed by atoms with Gasteiger partial charge in [-0.15, -0.1) is 0 Å².